The van der Waals surface area contributed by atoms with Crippen LogP contribution in [0.4, 0.5) is 5.69 Å². The lowest BCUT2D eigenvalue weighted by molar-refractivity contribution is -0.385. The normalized spacial score (nSPS) is 11.2. The minimum Gasteiger partial charge on any atom is -0.493 e. The number of benzene rings is 1. The summed E-state index contributed by atoms with van der Waals surface area (Å²) in [5, 5.41) is 19.8. The summed E-state index contributed by atoms with van der Waals surface area (Å²) in [5.74, 6) is -0.378. The molecule has 1 rings (SSSR count). The molecule has 6 heteroatoms. The number of carboxylic acid groups (broad SMARTS) is 1. The minimum atomic E-state index is -0.843. The van der Waals surface area contributed by atoms with E-state index in [9.17, 15) is 14.9 Å². The molecule has 1 N–H and O–H groups in total. The second kappa shape index (κ2) is 6.36. The molecule has 0 unspecified atom stereocenters. The third-order valence-electron chi connectivity index (χ3n) is 3.23. The lowest BCUT2D eigenvalue weighted by atomic mass is 9.88. The fourth-order valence-electron chi connectivity index (χ4n) is 1.76. The molecule has 0 bridgehead atoms. The van der Waals surface area contributed by atoms with Crippen LogP contribution in [0.5, 0.6) is 5.75 Å². The van der Waals surface area contributed by atoms with Crippen LogP contribution in [0, 0.1) is 22.5 Å². The zero-order valence-corrected chi connectivity index (χ0v) is 11.9. The fraction of sp³-hybridized carbons (Fsp3) is 0.500. The van der Waals surface area contributed by atoms with E-state index in [0.717, 1.165) is 0 Å². The van der Waals surface area contributed by atoms with Crippen molar-refractivity contribution in [3.05, 3.63) is 33.9 Å². The number of nitro groups is 1. The van der Waals surface area contributed by atoms with Gasteiger partial charge in [0.2, 0.25) is 0 Å². The number of aliphatic carboxylic acids is 1. The highest BCUT2D eigenvalue weighted by Gasteiger charge is 2.26. The van der Waals surface area contributed by atoms with Gasteiger partial charge in [-0.3, -0.25) is 14.9 Å². The van der Waals surface area contributed by atoms with Crippen molar-refractivity contribution in [2.45, 2.75) is 33.6 Å². The van der Waals surface area contributed by atoms with Crippen LogP contribution < -0.4 is 4.74 Å². The Hall–Kier alpha value is -2.11. The second-order valence-electron chi connectivity index (χ2n) is 5.30. The molecule has 0 atom stereocenters. The van der Waals surface area contributed by atoms with E-state index in [-0.39, 0.29) is 5.69 Å². The maximum absolute atomic E-state index is 10.9. The number of carbonyl (C=O) groups is 1. The van der Waals surface area contributed by atoms with Crippen molar-refractivity contribution in [1.82, 2.24) is 0 Å². The van der Waals surface area contributed by atoms with Crippen LogP contribution in [0.25, 0.3) is 0 Å². The highest BCUT2D eigenvalue weighted by molar-refractivity contribution is 5.73. The van der Waals surface area contributed by atoms with Crippen LogP contribution in [0.1, 0.15) is 32.3 Å². The lowest BCUT2D eigenvalue weighted by Gasteiger charge is -2.18. The summed E-state index contributed by atoms with van der Waals surface area (Å²) >= 11 is 0. The summed E-state index contributed by atoms with van der Waals surface area (Å²) in [6, 6.07) is 4.67. The molecular formula is C14H19NO5. The van der Waals surface area contributed by atoms with E-state index in [2.05, 4.69) is 0 Å². The molecule has 0 aliphatic carbocycles. The molecule has 6 nitrogen and oxygen atoms in total. The third-order valence-corrected chi connectivity index (χ3v) is 3.23. The summed E-state index contributed by atoms with van der Waals surface area (Å²) in [4.78, 5) is 21.3. The van der Waals surface area contributed by atoms with Crippen LogP contribution in [0.3, 0.4) is 0 Å². The highest BCUT2D eigenvalue weighted by Crippen LogP contribution is 2.28. The van der Waals surface area contributed by atoms with Gasteiger partial charge in [-0.15, -0.1) is 0 Å². The van der Waals surface area contributed by atoms with Crippen molar-refractivity contribution in [2.24, 2.45) is 5.41 Å². The molecule has 0 aliphatic heterocycles. The van der Waals surface area contributed by atoms with E-state index < -0.39 is 16.3 Å². The van der Waals surface area contributed by atoms with Crippen LogP contribution in [-0.4, -0.2) is 22.6 Å². The van der Waals surface area contributed by atoms with Gasteiger partial charge in [0, 0.05) is 6.07 Å². The van der Waals surface area contributed by atoms with Gasteiger partial charge in [0.1, 0.15) is 5.75 Å². The molecule has 1 aromatic carbocycles. The van der Waals surface area contributed by atoms with Gasteiger partial charge >= 0.3 is 5.97 Å². The zero-order chi connectivity index (χ0) is 15.3. The summed E-state index contributed by atoms with van der Waals surface area (Å²) in [5.41, 5.74) is -0.287. The largest absolute Gasteiger partial charge is 0.493 e. The van der Waals surface area contributed by atoms with Crippen LogP contribution in [-0.2, 0) is 4.79 Å². The smallest absolute Gasteiger partial charge is 0.309 e. The Kier molecular flexibility index (Phi) is 5.07. The maximum Gasteiger partial charge on any atom is 0.309 e. The number of nitro benzene ring substituents is 1. The van der Waals surface area contributed by atoms with Crippen molar-refractivity contribution in [1.29, 1.82) is 0 Å². The standard InChI is InChI=1S/C14H19NO5/c1-10-11(15(18)19)6-4-7-12(10)20-9-5-8-14(2,3)13(16)17/h4,6-7H,5,8-9H2,1-3H3,(H,16,17). The third kappa shape index (κ3) is 3.94. The Morgan fingerprint density at radius 1 is 1.45 bits per heavy atom. The van der Waals surface area contributed by atoms with Crippen molar-refractivity contribution in [2.75, 3.05) is 6.61 Å². The van der Waals surface area contributed by atoms with Crippen LogP contribution in [0.15, 0.2) is 18.2 Å². The molecule has 110 valence electrons. The summed E-state index contributed by atoms with van der Waals surface area (Å²) < 4.78 is 5.51. The molecule has 0 fully saturated rings. The van der Waals surface area contributed by atoms with E-state index in [1.165, 1.54) is 6.07 Å². The Morgan fingerprint density at radius 3 is 2.65 bits per heavy atom. The summed E-state index contributed by atoms with van der Waals surface area (Å²) in [6.45, 7) is 5.29. The Labute approximate surface area is 117 Å². The van der Waals surface area contributed by atoms with Gasteiger partial charge in [0.25, 0.3) is 5.69 Å². The second-order valence-corrected chi connectivity index (χ2v) is 5.30. The molecule has 0 saturated heterocycles. The van der Waals surface area contributed by atoms with Gasteiger partial charge in [-0.1, -0.05) is 6.07 Å². The molecular weight excluding hydrogens is 262 g/mol. The molecule has 0 aromatic heterocycles. The van der Waals surface area contributed by atoms with Gasteiger partial charge in [-0.05, 0) is 39.7 Å². The topological polar surface area (TPSA) is 89.7 Å². The van der Waals surface area contributed by atoms with E-state index >= 15 is 0 Å². The van der Waals surface area contributed by atoms with Gasteiger partial charge in [0.05, 0.1) is 22.5 Å². The Morgan fingerprint density at radius 2 is 2.10 bits per heavy atom. The average molecular weight is 281 g/mol. The van der Waals surface area contributed by atoms with Crippen LogP contribution in [0.2, 0.25) is 0 Å². The number of rotatable bonds is 7. The number of hydrogen-bond donors (Lipinski definition) is 1. The molecule has 20 heavy (non-hydrogen) atoms. The summed E-state index contributed by atoms with van der Waals surface area (Å²) in [7, 11) is 0. The molecule has 0 aliphatic rings. The Bertz CT molecular complexity index is 510. The number of ether oxygens (including phenoxy) is 1. The molecule has 0 spiro atoms. The van der Waals surface area contributed by atoms with Gasteiger partial charge < -0.3 is 9.84 Å². The monoisotopic (exact) mass is 281 g/mol. The SMILES string of the molecule is Cc1c(OCCCC(C)(C)C(=O)O)cccc1[N+](=O)[O-]. The van der Waals surface area contributed by atoms with Crippen LogP contribution >= 0.6 is 0 Å². The summed E-state index contributed by atoms with van der Waals surface area (Å²) in [6.07, 6.45) is 1.05. The van der Waals surface area contributed by atoms with Gasteiger partial charge in [0.15, 0.2) is 0 Å². The van der Waals surface area contributed by atoms with E-state index in [1.807, 2.05) is 0 Å². The maximum atomic E-state index is 10.9. The number of hydrogen-bond acceptors (Lipinski definition) is 4. The predicted octanol–water partition coefficient (Wildman–Crippen LogP) is 3.17. The average Bonchev–Trinajstić information content (AvgIpc) is 2.35. The first-order valence-electron chi connectivity index (χ1n) is 6.36. The fourth-order valence-corrected chi connectivity index (χ4v) is 1.76. The van der Waals surface area contributed by atoms with E-state index in [4.69, 9.17) is 9.84 Å². The first kappa shape index (κ1) is 15.9. The molecule has 0 heterocycles. The molecule has 0 saturated carbocycles. The Balaban J connectivity index is 2.57. The number of nitrogens with zero attached hydrogens (tertiary/aromatic N) is 1. The van der Waals surface area contributed by atoms with E-state index in [1.54, 1.807) is 32.9 Å². The lowest BCUT2D eigenvalue weighted by Crippen LogP contribution is -2.24. The van der Waals surface area contributed by atoms with Crippen molar-refractivity contribution in [3.8, 4) is 5.75 Å². The molecule has 1 aromatic rings. The van der Waals surface area contributed by atoms with Gasteiger partial charge in [-0.2, -0.15) is 0 Å². The first-order chi connectivity index (χ1) is 9.25. The van der Waals surface area contributed by atoms with E-state index in [0.29, 0.717) is 30.8 Å². The van der Waals surface area contributed by atoms with Crippen molar-refractivity contribution in [3.63, 3.8) is 0 Å². The number of carboxylic acids is 1. The molecule has 0 radical (unpaired) electrons. The van der Waals surface area contributed by atoms with Gasteiger partial charge in [-0.25, -0.2) is 0 Å². The van der Waals surface area contributed by atoms with Crippen molar-refractivity contribution < 1.29 is 19.6 Å². The zero-order valence-electron chi connectivity index (χ0n) is 11.9. The first-order valence-corrected chi connectivity index (χ1v) is 6.36. The van der Waals surface area contributed by atoms with Crippen molar-refractivity contribution >= 4 is 11.7 Å². The predicted molar refractivity (Wildman–Crippen MR) is 74.0 cm³/mol. The quantitative estimate of drug-likeness (QED) is 0.471. The molecule has 0 amide bonds. The minimum absolute atomic E-state index is 0.0216. The highest BCUT2D eigenvalue weighted by atomic mass is 16.6.